The predicted molar refractivity (Wildman–Crippen MR) is 75.3 cm³/mol. The van der Waals surface area contributed by atoms with E-state index in [1.807, 2.05) is 6.07 Å². The maximum atomic E-state index is 11.9. The van der Waals surface area contributed by atoms with Gasteiger partial charge in [-0.3, -0.25) is 0 Å². The molecule has 5 heteroatoms. The lowest BCUT2D eigenvalue weighted by molar-refractivity contribution is 0.509. The van der Waals surface area contributed by atoms with E-state index in [-0.39, 0.29) is 10.4 Å². The monoisotopic (exact) mass is 270 g/mol. The Balaban J connectivity index is 3.11. The van der Waals surface area contributed by atoms with E-state index in [1.165, 1.54) is 7.05 Å². The van der Waals surface area contributed by atoms with Crippen molar-refractivity contribution in [3.05, 3.63) is 24.3 Å². The minimum atomic E-state index is -3.43. The number of sulfonamides is 1. The Morgan fingerprint density at radius 1 is 1.22 bits per heavy atom. The summed E-state index contributed by atoms with van der Waals surface area (Å²) >= 11 is 0. The van der Waals surface area contributed by atoms with E-state index in [9.17, 15) is 8.42 Å². The van der Waals surface area contributed by atoms with Crippen molar-refractivity contribution in [3.63, 3.8) is 0 Å². The van der Waals surface area contributed by atoms with Gasteiger partial charge in [0, 0.05) is 5.54 Å². The first-order chi connectivity index (χ1) is 8.32. The Labute approximate surface area is 110 Å². The molecule has 102 valence electrons. The van der Waals surface area contributed by atoms with Gasteiger partial charge in [0.2, 0.25) is 10.0 Å². The van der Waals surface area contributed by atoms with Crippen LogP contribution in [0.3, 0.4) is 0 Å². The number of para-hydroxylation sites is 1. The first kappa shape index (κ1) is 15.0. The summed E-state index contributed by atoms with van der Waals surface area (Å²) in [7, 11) is -2.01. The summed E-state index contributed by atoms with van der Waals surface area (Å²) in [5.41, 5.74) is 0.513. The second-order valence-electron chi connectivity index (χ2n) is 4.96. The number of hydrogen-bond donors (Lipinski definition) is 2. The van der Waals surface area contributed by atoms with Gasteiger partial charge < -0.3 is 5.32 Å². The molecular formula is C13H22N2O2S. The molecule has 0 saturated carbocycles. The second-order valence-corrected chi connectivity index (χ2v) is 6.82. The zero-order valence-corrected chi connectivity index (χ0v) is 12.3. The summed E-state index contributed by atoms with van der Waals surface area (Å²) in [6.07, 6.45) is 2.02. The van der Waals surface area contributed by atoms with Crippen molar-refractivity contribution in [3.8, 4) is 0 Å². The summed E-state index contributed by atoms with van der Waals surface area (Å²) in [6, 6.07) is 6.96. The van der Waals surface area contributed by atoms with Crippen molar-refractivity contribution in [2.45, 2.75) is 44.0 Å². The standard InChI is InChI=1S/C13H22N2O2S/c1-5-10-13(2,3)15-11-8-6-7-9-12(11)18(16,17)14-4/h6-9,14-15H,5,10H2,1-4H3. The number of hydrogen-bond acceptors (Lipinski definition) is 3. The summed E-state index contributed by atoms with van der Waals surface area (Å²) in [5.74, 6) is 0. The summed E-state index contributed by atoms with van der Waals surface area (Å²) in [4.78, 5) is 0.289. The molecule has 0 bridgehead atoms. The van der Waals surface area contributed by atoms with Crippen molar-refractivity contribution in [1.29, 1.82) is 0 Å². The molecule has 0 spiro atoms. The molecule has 0 aliphatic carbocycles. The molecule has 0 fully saturated rings. The summed E-state index contributed by atoms with van der Waals surface area (Å²) < 4.78 is 26.2. The van der Waals surface area contributed by atoms with Crippen LogP contribution in [0.1, 0.15) is 33.6 Å². The number of rotatable bonds is 6. The van der Waals surface area contributed by atoms with E-state index in [0.717, 1.165) is 12.8 Å². The van der Waals surface area contributed by atoms with Gasteiger partial charge in [-0.15, -0.1) is 0 Å². The van der Waals surface area contributed by atoms with Crippen molar-refractivity contribution in [2.75, 3.05) is 12.4 Å². The average Bonchev–Trinajstić information content (AvgIpc) is 2.28. The largest absolute Gasteiger partial charge is 0.379 e. The third kappa shape index (κ3) is 3.71. The molecule has 18 heavy (non-hydrogen) atoms. The molecule has 2 N–H and O–H groups in total. The van der Waals surface area contributed by atoms with Gasteiger partial charge in [-0.1, -0.05) is 25.5 Å². The highest BCUT2D eigenvalue weighted by atomic mass is 32.2. The van der Waals surface area contributed by atoms with E-state index in [4.69, 9.17) is 0 Å². The van der Waals surface area contributed by atoms with Crippen LogP contribution in [0.4, 0.5) is 5.69 Å². The van der Waals surface area contributed by atoms with Gasteiger partial charge in [-0.05, 0) is 39.4 Å². The van der Waals surface area contributed by atoms with Gasteiger partial charge >= 0.3 is 0 Å². The Morgan fingerprint density at radius 2 is 1.83 bits per heavy atom. The lowest BCUT2D eigenvalue weighted by Crippen LogP contribution is -2.32. The van der Waals surface area contributed by atoms with E-state index < -0.39 is 10.0 Å². The zero-order chi connectivity index (χ0) is 13.8. The van der Waals surface area contributed by atoms with E-state index in [0.29, 0.717) is 5.69 Å². The van der Waals surface area contributed by atoms with Crippen molar-refractivity contribution < 1.29 is 8.42 Å². The van der Waals surface area contributed by atoms with E-state index in [2.05, 4.69) is 30.8 Å². The topological polar surface area (TPSA) is 58.2 Å². The smallest absolute Gasteiger partial charge is 0.242 e. The van der Waals surface area contributed by atoms with Crippen LogP contribution < -0.4 is 10.0 Å². The number of benzene rings is 1. The average molecular weight is 270 g/mol. The molecule has 1 aromatic rings. The molecule has 1 rings (SSSR count). The van der Waals surface area contributed by atoms with Crippen LogP contribution in [0.15, 0.2) is 29.2 Å². The van der Waals surface area contributed by atoms with Crippen molar-refractivity contribution in [1.82, 2.24) is 4.72 Å². The molecule has 1 aromatic carbocycles. The molecule has 0 unspecified atom stereocenters. The van der Waals surface area contributed by atoms with Crippen molar-refractivity contribution >= 4 is 15.7 Å². The van der Waals surface area contributed by atoms with Crippen LogP contribution in [-0.4, -0.2) is 21.0 Å². The molecule has 0 radical (unpaired) electrons. The molecule has 0 heterocycles. The zero-order valence-electron chi connectivity index (χ0n) is 11.4. The Morgan fingerprint density at radius 3 is 2.39 bits per heavy atom. The minimum Gasteiger partial charge on any atom is -0.379 e. The summed E-state index contributed by atoms with van der Waals surface area (Å²) in [6.45, 7) is 6.25. The van der Waals surface area contributed by atoms with Crippen LogP contribution in [0.5, 0.6) is 0 Å². The van der Waals surface area contributed by atoms with Crippen molar-refractivity contribution in [2.24, 2.45) is 0 Å². The van der Waals surface area contributed by atoms with Gasteiger partial charge in [0.25, 0.3) is 0 Å². The highest BCUT2D eigenvalue weighted by Crippen LogP contribution is 2.25. The normalized spacial score (nSPS) is 12.4. The van der Waals surface area contributed by atoms with Crippen LogP contribution in [0.25, 0.3) is 0 Å². The molecule has 0 saturated heterocycles. The predicted octanol–water partition coefficient (Wildman–Crippen LogP) is 2.59. The van der Waals surface area contributed by atoms with Crippen LogP contribution in [0, 0.1) is 0 Å². The molecule has 0 aromatic heterocycles. The second kappa shape index (κ2) is 5.71. The van der Waals surface area contributed by atoms with Gasteiger partial charge in [0.05, 0.1) is 5.69 Å². The Hall–Kier alpha value is -1.07. The lowest BCUT2D eigenvalue weighted by atomic mass is 9.98. The molecular weight excluding hydrogens is 248 g/mol. The first-order valence-corrected chi connectivity index (χ1v) is 7.61. The molecule has 4 nitrogen and oxygen atoms in total. The van der Waals surface area contributed by atoms with E-state index >= 15 is 0 Å². The van der Waals surface area contributed by atoms with Gasteiger partial charge in [0.15, 0.2) is 0 Å². The lowest BCUT2D eigenvalue weighted by Gasteiger charge is -2.28. The Bertz CT molecular complexity index is 495. The van der Waals surface area contributed by atoms with Gasteiger partial charge in [-0.2, -0.15) is 0 Å². The summed E-state index contributed by atoms with van der Waals surface area (Å²) in [5, 5.41) is 3.31. The fourth-order valence-corrected chi connectivity index (χ4v) is 2.85. The molecule has 0 atom stereocenters. The third-order valence-corrected chi connectivity index (χ3v) is 4.27. The van der Waals surface area contributed by atoms with Gasteiger partial charge in [-0.25, -0.2) is 13.1 Å². The number of nitrogens with one attached hydrogen (secondary N) is 2. The third-order valence-electron chi connectivity index (χ3n) is 2.79. The maximum absolute atomic E-state index is 11.9. The Kier molecular flexibility index (Phi) is 4.76. The van der Waals surface area contributed by atoms with Gasteiger partial charge in [0.1, 0.15) is 4.90 Å². The van der Waals surface area contributed by atoms with E-state index in [1.54, 1.807) is 18.2 Å². The SMILES string of the molecule is CCCC(C)(C)Nc1ccccc1S(=O)(=O)NC. The fourth-order valence-electron chi connectivity index (χ4n) is 1.97. The van der Waals surface area contributed by atoms with Crippen LogP contribution in [-0.2, 0) is 10.0 Å². The maximum Gasteiger partial charge on any atom is 0.242 e. The van der Waals surface area contributed by atoms with Crippen LogP contribution in [0.2, 0.25) is 0 Å². The molecule has 0 amide bonds. The first-order valence-electron chi connectivity index (χ1n) is 6.13. The minimum absolute atomic E-state index is 0.131. The molecule has 0 aliphatic heterocycles. The quantitative estimate of drug-likeness (QED) is 0.835. The molecule has 0 aliphatic rings. The fraction of sp³-hybridized carbons (Fsp3) is 0.538. The van der Waals surface area contributed by atoms with Crippen LogP contribution >= 0.6 is 0 Å². The highest BCUT2D eigenvalue weighted by Gasteiger charge is 2.21. The highest BCUT2D eigenvalue weighted by molar-refractivity contribution is 7.89. The number of anilines is 1.